The molecule has 2 aromatic carbocycles. The van der Waals surface area contributed by atoms with Crippen molar-refractivity contribution in [3.8, 4) is 5.69 Å². The number of para-hydroxylation sites is 1. The van der Waals surface area contributed by atoms with Gasteiger partial charge in [0.05, 0.1) is 30.2 Å². The second-order valence-corrected chi connectivity index (χ2v) is 7.46. The Morgan fingerprint density at radius 1 is 1.15 bits per heavy atom. The number of nitrogens with one attached hydrogen (secondary N) is 1. The molecule has 0 radical (unpaired) electrons. The predicted molar refractivity (Wildman–Crippen MR) is 124 cm³/mol. The second-order valence-electron chi connectivity index (χ2n) is 7.46. The summed E-state index contributed by atoms with van der Waals surface area (Å²) in [5.41, 5.74) is 7.31. The largest absolute Gasteiger partial charge is 0.465 e. The number of aromatic nitrogens is 1. The van der Waals surface area contributed by atoms with Crippen LogP contribution in [0.2, 0.25) is 0 Å². The van der Waals surface area contributed by atoms with E-state index >= 15 is 0 Å². The van der Waals surface area contributed by atoms with E-state index in [1.54, 1.807) is 30.3 Å². The molecule has 0 bridgehead atoms. The standard InChI is InChI=1S/C24H24N4O5/c1-15-12-19(14-25-26-23(29)13-18-8-5-6-10-22(18)28(31)32)17(3)27(15)21-11-7-9-20(16(21)2)24(30)33-4/h5-12,14H,13H2,1-4H3,(H,26,29). The van der Waals surface area contributed by atoms with Crippen molar-refractivity contribution >= 4 is 23.8 Å². The highest BCUT2D eigenvalue weighted by Crippen LogP contribution is 2.25. The van der Waals surface area contributed by atoms with Gasteiger partial charge in [-0.3, -0.25) is 14.9 Å². The van der Waals surface area contributed by atoms with Crippen molar-refractivity contribution in [3.05, 3.63) is 92.3 Å². The third-order valence-electron chi connectivity index (χ3n) is 5.35. The highest BCUT2D eigenvalue weighted by molar-refractivity contribution is 5.92. The fourth-order valence-corrected chi connectivity index (χ4v) is 3.71. The van der Waals surface area contributed by atoms with E-state index in [1.165, 1.54) is 19.4 Å². The first-order valence-corrected chi connectivity index (χ1v) is 10.2. The van der Waals surface area contributed by atoms with Gasteiger partial charge < -0.3 is 9.30 Å². The molecule has 9 nitrogen and oxygen atoms in total. The molecule has 0 saturated carbocycles. The zero-order valence-electron chi connectivity index (χ0n) is 18.8. The predicted octanol–water partition coefficient (Wildman–Crippen LogP) is 3.79. The molecule has 9 heteroatoms. The van der Waals surface area contributed by atoms with Crippen molar-refractivity contribution in [3.63, 3.8) is 0 Å². The number of methoxy groups -OCH3 is 1. The average molecular weight is 448 g/mol. The van der Waals surface area contributed by atoms with Gasteiger partial charge in [-0.1, -0.05) is 24.3 Å². The smallest absolute Gasteiger partial charge is 0.338 e. The zero-order valence-corrected chi connectivity index (χ0v) is 18.8. The summed E-state index contributed by atoms with van der Waals surface area (Å²) in [6, 6.07) is 13.4. The molecule has 0 unspecified atom stereocenters. The van der Waals surface area contributed by atoms with Gasteiger partial charge in [-0.25, -0.2) is 10.2 Å². The molecule has 0 aliphatic rings. The Kier molecular flexibility index (Phi) is 7.02. The topological polar surface area (TPSA) is 116 Å². The summed E-state index contributed by atoms with van der Waals surface area (Å²) in [7, 11) is 1.35. The van der Waals surface area contributed by atoms with Crippen LogP contribution in [0.25, 0.3) is 5.69 Å². The van der Waals surface area contributed by atoms with Crippen LogP contribution >= 0.6 is 0 Å². The van der Waals surface area contributed by atoms with Crippen LogP contribution in [0.5, 0.6) is 0 Å². The summed E-state index contributed by atoms with van der Waals surface area (Å²) in [6.45, 7) is 5.70. The van der Waals surface area contributed by atoms with Crippen molar-refractivity contribution < 1.29 is 19.2 Å². The third-order valence-corrected chi connectivity index (χ3v) is 5.35. The van der Waals surface area contributed by atoms with Crippen LogP contribution < -0.4 is 5.43 Å². The number of carbonyl (C=O) groups is 2. The zero-order chi connectivity index (χ0) is 24.1. The Morgan fingerprint density at radius 3 is 2.58 bits per heavy atom. The number of hydrogen-bond acceptors (Lipinski definition) is 6. The van der Waals surface area contributed by atoms with E-state index in [4.69, 9.17) is 4.74 Å². The van der Waals surface area contributed by atoms with Gasteiger partial charge in [0.1, 0.15) is 0 Å². The molecular formula is C24H24N4O5. The number of nitrogens with zero attached hydrogens (tertiary/aromatic N) is 3. The van der Waals surface area contributed by atoms with E-state index < -0.39 is 16.8 Å². The van der Waals surface area contributed by atoms with Crippen LogP contribution in [-0.4, -0.2) is 34.7 Å². The first kappa shape index (κ1) is 23.4. The van der Waals surface area contributed by atoms with Gasteiger partial charge >= 0.3 is 5.97 Å². The molecule has 0 aliphatic heterocycles. The molecule has 3 rings (SSSR count). The maximum absolute atomic E-state index is 12.2. The minimum absolute atomic E-state index is 0.107. The van der Waals surface area contributed by atoms with Crippen molar-refractivity contribution in [2.45, 2.75) is 27.2 Å². The number of carbonyl (C=O) groups excluding carboxylic acids is 2. The number of amides is 1. The number of rotatable bonds is 7. The van der Waals surface area contributed by atoms with Crippen LogP contribution in [0.4, 0.5) is 5.69 Å². The molecule has 3 aromatic rings. The molecular weight excluding hydrogens is 424 g/mol. The summed E-state index contributed by atoms with van der Waals surface area (Å²) in [5, 5.41) is 15.1. The first-order valence-electron chi connectivity index (χ1n) is 10.2. The summed E-state index contributed by atoms with van der Waals surface area (Å²) in [6.07, 6.45) is 1.36. The average Bonchev–Trinajstić information content (AvgIpc) is 3.06. The SMILES string of the molecule is COC(=O)c1cccc(-n2c(C)cc(C=NNC(=O)Cc3ccccc3[N+](=O)[O-])c2C)c1C. The highest BCUT2D eigenvalue weighted by Gasteiger charge is 2.17. The van der Waals surface area contributed by atoms with Crippen molar-refractivity contribution in [1.29, 1.82) is 0 Å². The van der Waals surface area contributed by atoms with Gasteiger partial charge in [0.15, 0.2) is 0 Å². The molecule has 170 valence electrons. The number of hydrogen-bond donors (Lipinski definition) is 1. The summed E-state index contributed by atoms with van der Waals surface area (Å²) < 4.78 is 6.86. The normalized spacial score (nSPS) is 10.9. The maximum atomic E-state index is 12.2. The molecule has 0 saturated heterocycles. The van der Waals surface area contributed by atoms with E-state index in [1.807, 2.05) is 37.5 Å². The Hall–Kier alpha value is -4.27. The molecule has 33 heavy (non-hydrogen) atoms. The van der Waals surface area contributed by atoms with Crippen LogP contribution in [0.3, 0.4) is 0 Å². The van der Waals surface area contributed by atoms with Gasteiger partial charge in [-0.15, -0.1) is 0 Å². The molecule has 0 spiro atoms. The number of hydrazone groups is 1. The molecule has 0 fully saturated rings. The van der Waals surface area contributed by atoms with Gasteiger partial charge in [0.2, 0.25) is 5.91 Å². The molecule has 0 atom stereocenters. The second kappa shape index (κ2) is 9.90. The minimum atomic E-state index is -0.516. The highest BCUT2D eigenvalue weighted by atomic mass is 16.6. The van der Waals surface area contributed by atoms with Crippen molar-refractivity contribution in [2.24, 2.45) is 5.10 Å². The lowest BCUT2D eigenvalue weighted by molar-refractivity contribution is -0.385. The fourth-order valence-electron chi connectivity index (χ4n) is 3.71. The van der Waals surface area contributed by atoms with Crippen LogP contribution in [0, 0.1) is 30.9 Å². The van der Waals surface area contributed by atoms with Crippen LogP contribution in [0.1, 0.15) is 38.4 Å². The minimum Gasteiger partial charge on any atom is -0.465 e. The Labute approximate surface area is 190 Å². The number of ether oxygens (including phenoxy) is 1. The molecule has 1 amide bonds. The van der Waals surface area contributed by atoms with Crippen molar-refractivity contribution in [2.75, 3.05) is 7.11 Å². The van der Waals surface area contributed by atoms with Gasteiger partial charge in [0.25, 0.3) is 5.69 Å². The summed E-state index contributed by atoms with van der Waals surface area (Å²) in [5.74, 6) is -0.865. The molecule has 1 heterocycles. The lowest BCUT2D eigenvalue weighted by Crippen LogP contribution is -2.20. The molecule has 0 aliphatic carbocycles. The Bertz CT molecular complexity index is 1260. The number of nitro groups is 1. The summed E-state index contributed by atoms with van der Waals surface area (Å²) in [4.78, 5) is 34.9. The monoisotopic (exact) mass is 448 g/mol. The Morgan fingerprint density at radius 2 is 1.88 bits per heavy atom. The molecule has 1 aromatic heterocycles. The van der Waals surface area contributed by atoms with E-state index in [0.29, 0.717) is 11.1 Å². The number of esters is 1. The third kappa shape index (κ3) is 4.98. The quantitative estimate of drug-likeness (QED) is 0.255. The van der Waals surface area contributed by atoms with Gasteiger partial charge in [0, 0.05) is 34.3 Å². The van der Waals surface area contributed by atoms with Crippen LogP contribution in [0.15, 0.2) is 53.6 Å². The lowest BCUT2D eigenvalue weighted by Gasteiger charge is -2.15. The maximum Gasteiger partial charge on any atom is 0.338 e. The van der Waals surface area contributed by atoms with E-state index in [0.717, 1.165) is 28.2 Å². The van der Waals surface area contributed by atoms with E-state index in [9.17, 15) is 19.7 Å². The van der Waals surface area contributed by atoms with Gasteiger partial charge in [-0.05, 0) is 44.5 Å². The molecule has 1 N–H and O–H groups in total. The summed E-state index contributed by atoms with van der Waals surface area (Å²) >= 11 is 0. The number of nitro benzene ring substituents is 1. The van der Waals surface area contributed by atoms with Gasteiger partial charge in [-0.2, -0.15) is 5.10 Å². The fraction of sp³-hybridized carbons (Fsp3) is 0.208. The van der Waals surface area contributed by atoms with Crippen molar-refractivity contribution in [1.82, 2.24) is 9.99 Å². The Balaban J connectivity index is 1.79. The van der Waals surface area contributed by atoms with Crippen LogP contribution in [-0.2, 0) is 16.0 Å². The van der Waals surface area contributed by atoms with E-state index in [2.05, 4.69) is 10.5 Å². The lowest BCUT2D eigenvalue weighted by atomic mass is 10.1. The van der Waals surface area contributed by atoms with E-state index in [-0.39, 0.29) is 12.1 Å². The number of aryl methyl sites for hydroxylation is 1. The number of benzene rings is 2. The first-order chi connectivity index (χ1) is 15.7.